The van der Waals surface area contributed by atoms with Gasteiger partial charge in [0.1, 0.15) is 12.4 Å². The molecule has 118 valence electrons. The average Bonchev–Trinajstić information content (AvgIpc) is 2.86. The molecule has 0 aromatic heterocycles. The number of fused-ring (bicyclic) bond motifs is 1. The largest absolute Gasteiger partial charge is 0.492 e. The number of sulfone groups is 1. The van der Waals surface area contributed by atoms with Gasteiger partial charge >= 0.3 is 0 Å². The lowest BCUT2D eigenvalue weighted by Crippen LogP contribution is -2.22. The van der Waals surface area contributed by atoms with E-state index in [4.69, 9.17) is 19.9 Å². The fourth-order valence-corrected chi connectivity index (χ4v) is 2.74. The molecule has 0 unspecified atom stereocenters. The molecule has 2 rings (SSSR count). The molecule has 0 aliphatic carbocycles. The summed E-state index contributed by atoms with van der Waals surface area (Å²) in [6.07, 6.45) is 0.628. The second kappa shape index (κ2) is 6.53. The highest BCUT2D eigenvalue weighted by Crippen LogP contribution is 2.38. The van der Waals surface area contributed by atoms with Gasteiger partial charge in [0.2, 0.25) is 6.79 Å². The molecule has 1 heterocycles. The average molecular weight is 315 g/mol. The first-order valence-electron chi connectivity index (χ1n) is 6.91. The summed E-state index contributed by atoms with van der Waals surface area (Å²) < 4.78 is 39.8. The van der Waals surface area contributed by atoms with E-state index in [0.717, 1.165) is 5.56 Å². The molecule has 1 aromatic rings. The van der Waals surface area contributed by atoms with E-state index in [0.29, 0.717) is 30.2 Å². The molecule has 2 N–H and O–H groups in total. The zero-order chi connectivity index (χ0) is 15.5. The molecule has 6 nitrogen and oxygen atoms in total. The van der Waals surface area contributed by atoms with Crippen LogP contribution in [0.25, 0.3) is 0 Å². The van der Waals surface area contributed by atoms with Crippen molar-refractivity contribution in [2.45, 2.75) is 25.5 Å². The Morgan fingerprint density at radius 2 is 1.95 bits per heavy atom. The minimum Gasteiger partial charge on any atom is -0.492 e. The zero-order valence-corrected chi connectivity index (χ0v) is 13.1. The van der Waals surface area contributed by atoms with Gasteiger partial charge in [-0.25, -0.2) is 8.42 Å². The topological polar surface area (TPSA) is 87.9 Å². The van der Waals surface area contributed by atoms with Crippen molar-refractivity contribution >= 4 is 9.84 Å². The molecule has 0 radical (unpaired) electrons. The zero-order valence-electron chi connectivity index (χ0n) is 12.3. The molecule has 0 atom stereocenters. The number of nitrogens with two attached hydrogens (primary N) is 1. The van der Waals surface area contributed by atoms with Gasteiger partial charge in [-0.2, -0.15) is 0 Å². The first kappa shape index (κ1) is 15.9. The van der Waals surface area contributed by atoms with Crippen molar-refractivity contribution in [1.29, 1.82) is 0 Å². The van der Waals surface area contributed by atoms with Crippen molar-refractivity contribution in [3.8, 4) is 17.2 Å². The molecule has 7 heteroatoms. The van der Waals surface area contributed by atoms with Gasteiger partial charge in [0, 0.05) is 6.07 Å². The van der Waals surface area contributed by atoms with Crippen molar-refractivity contribution < 1.29 is 22.6 Å². The normalized spacial score (nSPS) is 13.7. The van der Waals surface area contributed by atoms with Crippen LogP contribution in [0.3, 0.4) is 0 Å². The molecule has 21 heavy (non-hydrogen) atoms. The van der Waals surface area contributed by atoms with Crippen molar-refractivity contribution in [2.24, 2.45) is 5.73 Å². The predicted molar refractivity (Wildman–Crippen MR) is 79.7 cm³/mol. The third-order valence-electron chi connectivity index (χ3n) is 3.31. The Morgan fingerprint density at radius 1 is 1.29 bits per heavy atom. The Labute approximate surface area is 125 Å². The second-order valence-corrected chi connectivity index (χ2v) is 7.79. The van der Waals surface area contributed by atoms with E-state index in [2.05, 4.69) is 0 Å². The molecule has 1 aliphatic rings. The first-order chi connectivity index (χ1) is 9.94. The van der Waals surface area contributed by atoms with Gasteiger partial charge in [-0.1, -0.05) is 0 Å². The predicted octanol–water partition coefficient (Wildman–Crippen LogP) is 1.12. The van der Waals surface area contributed by atoms with E-state index < -0.39 is 15.1 Å². The smallest absolute Gasteiger partial charge is 0.231 e. The molecule has 0 saturated carbocycles. The Balaban J connectivity index is 2.08. The lowest BCUT2D eigenvalue weighted by Gasteiger charge is -2.13. The van der Waals surface area contributed by atoms with E-state index in [1.54, 1.807) is 19.9 Å². The third kappa shape index (κ3) is 3.79. The summed E-state index contributed by atoms with van der Waals surface area (Å²) in [5.74, 6) is 1.86. The van der Waals surface area contributed by atoms with Crippen LogP contribution in [0.15, 0.2) is 12.1 Å². The minimum atomic E-state index is -3.11. The van der Waals surface area contributed by atoms with Gasteiger partial charge < -0.3 is 19.9 Å². The van der Waals surface area contributed by atoms with Crippen molar-refractivity contribution in [1.82, 2.24) is 0 Å². The summed E-state index contributed by atoms with van der Waals surface area (Å²) in [7, 11) is -3.11. The molecule has 1 aliphatic heterocycles. The van der Waals surface area contributed by atoms with Crippen LogP contribution < -0.4 is 19.9 Å². The van der Waals surface area contributed by atoms with Crippen LogP contribution in [0.5, 0.6) is 17.2 Å². The van der Waals surface area contributed by atoms with Crippen LogP contribution in [-0.2, 0) is 16.3 Å². The van der Waals surface area contributed by atoms with Crippen molar-refractivity contribution in [3.05, 3.63) is 17.7 Å². The van der Waals surface area contributed by atoms with Crippen molar-refractivity contribution in [2.75, 3.05) is 25.7 Å². The summed E-state index contributed by atoms with van der Waals surface area (Å²) >= 11 is 0. The monoisotopic (exact) mass is 315 g/mol. The highest BCUT2D eigenvalue weighted by Gasteiger charge is 2.19. The number of benzene rings is 1. The fraction of sp³-hybridized carbons (Fsp3) is 0.571. The maximum absolute atomic E-state index is 11.8. The fourth-order valence-electron chi connectivity index (χ4n) is 1.95. The van der Waals surface area contributed by atoms with E-state index in [1.165, 1.54) is 0 Å². The number of rotatable bonds is 7. The Morgan fingerprint density at radius 3 is 2.57 bits per heavy atom. The van der Waals surface area contributed by atoms with Gasteiger partial charge in [-0.15, -0.1) is 0 Å². The van der Waals surface area contributed by atoms with Gasteiger partial charge in [0.15, 0.2) is 21.3 Å². The summed E-state index contributed by atoms with van der Waals surface area (Å²) in [6.45, 7) is 4.09. The molecule has 0 bridgehead atoms. The number of hydrogen-bond donors (Lipinski definition) is 1. The van der Waals surface area contributed by atoms with Crippen LogP contribution in [0, 0.1) is 0 Å². The van der Waals surface area contributed by atoms with E-state index in [-0.39, 0.29) is 19.2 Å². The molecule has 1 aromatic carbocycles. The van der Waals surface area contributed by atoms with E-state index in [9.17, 15) is 8.42 Å². The maximum Gasteiger partial charge on any atom is 0.231 e. The summed E-state index contributed by atoms with van der Waals surface area (Å²) in [4.78, 5) is 0. The van der Waals surface area contributed by atoms with Gasteiger partial charge in [-0.3, -0.25) is 0 Å². The maximum atomic E-state index is 11.8. The Kier molecular flexibility index (Phi) is 4.95. The summed E-state index contributed by atoms with van der Waals surface area (Å²) in [5, 5.41) is -0.402. The van der Waals surface area contributed by atoms with Gasteiger partial charge in [0.05, 0.1) is 11.0 Å². The lowest BCUT2D eigenvalue weighted by atomic mass is 10.1. The van der Waals surface area contributed by atoms with Gasteiger partial charge in [-0.05, 0) is 38.4 Å². The van der Waals surface area contributed by atoms with E-state index in [1.807, 2.05) is 6.07 Å². The number of hydrogen-bond acceptors (Lipinski definition) is 6. The molecular formula is C14H21NO5S. The van der Waals surface area contributed by atoms with Crippen LogP contribution in [0.4, 0.5) is 0 Å². The quantitative estimate of drug-likeness (QED) is 0.811. The molecular weight excluding hydrogens is 294 g/mol. The third-order valence-corrected chi connectivity index (χ3v) is 5.49. The van der Waals surface area contributed by atoms with Crippen LogP contribution >= 0.6 is 0 Å². The first-order valence-corrected chi connectivity index (χ1v) is 8.62. The van der Waals surface area contributed by atoms with Crippen LogP contribution in [-0.4, -0.2) is 39.4 Å². The minimum absolute atomic E-state index is 0.0127. The number of ether oxygens (including phenoxy) is 3. The van der Waals surface area contributed by atoms with Crippen LogP contribution in [0.2, 0.25) is 0 Å². The lowest BCUT2D eigenvalue weighted by molar-refractivity contribution is 0.173. The summed E-state index contributed by atoms with van der Waals surface area (Å²) in [6, 6.07) is 3.57. The van der Waals surface area contributed by atoms with Crippen molar-refractivity contribution in [3.63, 3.8) is 0 Å². The highest BCUT2D eigenvalue weighted by atomic mass is 32.2. The van der Waals surface area contributed by atoms with Crippen LogP contribution in [0.1, 0.15) is 19.4 Å². The highest BCUT2D eigenvalue weighted by molar-refractivity contribution is 7.91. The Hall–Kier alpha value is -1.47. The molecule has 0 amide bonds. The molecule has 0 saturated heterocycles. The Bertz CT molecular complexity index is 598. The standard InChI is InChI=1S/C14H21NO5S/c1-10(2)21(16,17)6-5-18-12-8-14-13(19-9-20-14)7-11(12)3-4-15/h7-8,10H,3-6,9,15H2,1-2H3. The van der Waals surface area contributed by atoms with Gasteiger partial charge in [0.25, 0.3) is 0 Å². The molecule has 0 spiro atoms. The summed E-state index contributed by atoms with van der Waals surface area (Å²) in [5.41, 5.74) is 6.48. The second-order valence-electron chi connectivity index (χ2n) is 5.12. The molecule has 0 fully saturated rings. The van der Waals surface area contributed by atoms with E-state index >= 15 is 0 Å². The SMILES string of the molecule is CC(C)S(=O)(=O)CCOc1cc2c(cc1CCN)OCO2.